The fraction of sp³-hybridized carbons (Fsp3) is 0.462. The predicted molar refractivity (Wildman–Crippen MR) is 65.7 cm³/mol. The molecule has 1 unspecified atom stereocenters. The van der Waals surface area contributed by atoms with Crippen LogP contribution < -0.4 is 5.32 Å². The summed E-state index contributed by atoms with van der Waals surface area (Å²) in [6, 6.07) is 7.14. The van der Waals surface area contributed by atoms with Crippen molar-refractivity contribution in [3.05, 3.63) is 29.8 Å². The second-order valence-electron chi connectivity index (χ2n) is 5.15. The van der Waals surface area contributed by atoms with Gasteiger partial charge in [-0.25, -0.2) is 4.79 Å². The number of nitrogens with one attached hydrogen (secondary N) is 1. The van der Waals surface area contributed by atoms with Crippen molar-refractivity contribution >= 4 is 11.7 Å². The maximum atomic E-state index is 11.2. The minimum atomic E-state index is -0.826. The molecule has 3 nitrogen and oxygen atoms in total. The van der Waals surface area contributed by atoms with Crippen LogP contribution in [-0.2, 0) is 4.79 Å². The third-order valence-corrected chi connectivity index (χ3v) is 2.48. The minimum Gasteiger partial charge on any atom is -0.480 e. The zero-order valence-electron chi connectivity index (χ0n) is 10.2. The summed E-state index contributed by atoms with van der Waals surface area (Å²) in [6.07, 6.45) is 0. The second-order valence-corrected chi connectivity index (χ2v) is 5.15. The molecule has 0 saturated carbocycles. The molecule has 0 aliphatic rings. The Morgan fingerprint density at radius 3 is 2.12 bits per heavy atom. The molecule has 1 aromatic rings. The van der Waals surface area contributed by atoms with Gasteiger partial charge in [0, 0.05) is 5.69 Å². The van der Waals surface area contributed by atoms with Gasteiger partial charge in [0.15, 0.2) is 0 Å². The number of carboxylic acid groups (broad SMARTS) is 1. The monoisotopic (exact) mass is 221 g/mol. The van der Waals surface area contributed by atoms with Gasteiger partial charge >= 0.3 is 5.97 Å². The van der Waals surface area contributed by atoms with Gasteiger partial charge in [0.25, 0.3) is 0 Å². The Morgan fingerprint density at radius 2 is 1.75 bits per heavy atom. The molecular weight excluding hydrogens is 202 g/mol. The van der Waals surface area contributed by atoms with E-state index in [1.54, 1.807) is 0 Å². The number of hydrogen-bond acceptors (Lipinski definition) is 2. The van der Waals surface area contributed by atoms with E-state index in [2.05, 4.69) is 5.32 Å². The molecule has 2 N–H and O–H groups in total. The maximum Gasteiger partial charge on any atom is 0.326 e. The van der Waals surface area contributed by atoms with E-state index in [-0.39, 0.29) is 5.41 Å². The molecule has 0 aromatic heterocycles. The first-order valence-corrected chi connectivity index (χ1v) is 5.37. The van der Waals surface area contributed by atoms with Crippen LogP contribution in [-0.4, -0.2) is 17.1 Å². The van der Waals surface area contributed by atoms with E-state index in [0.29, 0.717) is 0 Å². The SMILES string of the molecule is Cc1ccc(NC(C(=O)O)C(C)(C)C)cc1. The van der Waals surface area contributed by atoms with Crippen LogP contribution in [0.25, 0.3) is 0 Å². The Bertz CT molecular complexity index is 363. The highest BCUT2D eigenvalue weighted by atomic mass is 16.4. The van der Waals surface area contributed by atoms with Gasteiger partial charge in [-0.3, -0.25) is 0 Å². The summed E-state index contributed by atoms with van der Waals surface area (Å²) < 4.78 is 0. The first-order valence-electron chi connectivity index (χ1n) is 5.37. The van der Waals surface area contributed by atoms with Gasteiger partial charge in [0.2, 0.25) is 0 Å². The van der Waals surface area contributed by atoms with E-state index in [4.69, 9.17) is 5.11 Å². The number of rotatable bonds is 3. The topological polar surface area (TPSA) is 49.3 Å². The molecule has 3 heteroatoms. The fourth-order valence-electron chi connectivity index (χ4n) is 1.47. The molecule has 0 heterocycles. The molecule has 1 aromatic carbocycles. The van der Waals surface area contributed by atoms with Crippen molar-refractivity contribution < 1.29 is 9.90 Å². The van der Waals surface area contributed by atoms with Crippen molar-refractivity contribution in [2.75, 3.05) is 5.32 Å². The Labute approximate surface area is 96.5 Å². The summed E-state index contributed by atoms with van der Waals surface area (Å²) in [5.41, 5.74) is 1.68. The van der Waals surface area contributed by atoms with E-state index in [9.17, 15) is 4.79 Å². The summed E-state index contributed by atoms with van der Waals surface area (Å²) in [5, 5.41) is 12.2. The summed E-state index contributed by atoms with van der Waals surface area (Å²) in [5.74, 6) is -0.826. The van der Waals surface area contributed by atoms with E-state index in [0.717, 1.165) is 11.3 Å². The lowest BCUT2D eigenvalue weighted by Gasteiger charge is -2.28. The molecule has 88 valence electrons. The van der Waals surface area contributed by atoms with Crippen LogP contribution in [0.4, 0.5) is 5.69 Å². The molecule has 1 atom stereocenters. The van der Waals surface area contributed by atoms with Crippen LogP contribution >= 0.6 is 0 Å². The number of hydrogen-bond donors (Lipinski definition) is 2. The van der Waals surface area contributed by atoms with E-state index in [1.165, 1.54) is 0 Å². The van der Waals surface area contributed by atoms with Gasteiger partial charge < -0.3 is 10.4 Å². The lowest BCUT2D eigenvalue weighted by Crippen LogP contribution is -2.41. The average Bonchev–Trinajstić information content (AvgIpc) is 2.14. The van der Waals surface area contributed by atoms with Crippen molar-refractivity contribution in [2.45, 2.75) is 33.7 Å². The summed E-state index contributed by atoms with van der Waals surface area (Å²) in [6.45, 7) is 7.73. The molecular formula is C13H19NO2. The second kappa shape index (κ2) is 4.56. The highest BCUT2D eigenvalue weighted by Gasteiger charge is 2.30. The Balaban J connectivity index is 2.84. The Hall–Kier alpha value is -1.51. The van der Waals surface area contributed by atoms with Gasteiger partial charge in [-0.2, -0.15) is 0 Å². The number of anilines is 1. The number of carbonyl (C=O) groups is 1. The molecule has 0 fully saturated rings. The molecule has 0 bridgehead atoms. The van der Waals surface area contributed by atoms with Crippen LogP contribution in [0.1, 0.15) is 26.3 Å². The van der Waals surface area contributed by atoms with Crippen molar-refractivity contribution in [1.82, 2.24) is 0 Å². The zero-order valence-corrected chi connectivity index (χ0v) is 10.2. The van der Waals surface area contributed by atoms with Crippen LogP contribution in [0.5, 0.6) is 0 Å². The molecule has 0 saturated heterocycles. The zero-order chi connectivity index (χ0) is 12.3. The number of aliphatic carboxylic acids is 1. The molecule has 0 aliphatic carbocycles. The van der Waals surface area contributed by atoms with Gasteiger partial charge in [-0.15, -0.1) is 0 Å². The minimum absolute atomic E-state index is 0.323. The van der Waals surface area contributed by atoms with Gasteiger partial charge in [-0.1, -0.05) is 38.5 Å². The van der Waals surface area contributed by atoms with Gasteiger partial charge in [-0.05, 0) is 24.5 Å². The molecule has 1 rings (SSSR count). The van der Waals surface area contributed by atoms with E-state index >= 15 is 0 Å². The van der Waals surface area contributed by atoms with Gasteiger partial charge in [0.05, 0.1) is 0 Å². The molecule has 0 amide bonds. The number of carboxylic acids is 1. The summed E-state index contributed by atoms with van der Waals surface area (Å²) in [7, 11) is 0. The molecule has 16 heavy (non-hydrogen) atoms. The largest absolute Gasteiger partial charge is 0.480 e. The normalized spacial score (nSPS) is 13.2. The van der Waals surface area contributed by atoms with Crippen LogP contribution in [0.3, 0.4) is 0 Å². The number of benzene rings is 1. The van der Waals surface area contributed by atoms with Gasteiger partial charge in [0.1, 0.15) is 6.04 Å². The lowest BCUT2D eigenvalue weighted by molar-refractivity contribution is -0.140. The Kier molecular flexibility index (Phi) is 3.58. The third kappa shape index (κ3) is 3.26. The van der Waals surface area contributed by atoms with E-state index < -0.39 is 12.0 Å². The Morgan fingerprint density at radius 1 is 1.25 bits per heavy atom. The van der Waals surface area contributed by atoms with Crippen LogP contribution in [0.15, 0.2) is 24.3 Å². The standard InChI is InChI=1S/C13H19NO2/c1-9-5-7-10(8-6-9)14-11(12(15)16)13(2,3)4/h5-8,11,14H,1-4H3,(H,15,16). The summed E-state index contributed by atoms with van der Waals surface area (Å²) >= 11 is 0. The smallest absolute Gasteiger partial charge is 0.326 e. The molecule has 0 spiro atoms. The first-order chi connectivity index (χ1) is 7.30. The van der Waals surface area contributed by atoms with Crippen molar-refractivity contribution in [3.8, 4) is 0 Å². The van der Waals surface area contributed by atoms with Crippen molar-refractivity contribution in [1.29, 1.82) is 0 Å². The quantitative estimate of drug-likeness (QED) is 0.825. The van der Waals surface area contributed by atoms with E-state index in [1.807, 2.05) is 52.0 Å². The van der Waals surface area contributed by atoms with Crippen LogP contribution in [0, 0.1) is 12.3 Å². The summed E-state index contributed by atoms with van der Waals surface area (Å²) in [4.78, 5) is 11.2. The fourth-order valence-corrected chi connectivity index (χ4v) is 1.47. The average molecular weight is 221 g/mol. The van der Waals surface area contributed by atoms with Crippen LogP contribution in [0.2, 0.25) is 0 Å². The third-order valence-electron chi connectivity index (χ3n) is 2.48. The van der Waals surface area contributed by atoms with Crippen molar-refractivity contribution in [2.24, 2.45) is 5.41 Å². The highest BCUT2D eigenvalue weighted by Crippen LogP contribution is 2.23. The molecule has 0 aliphatic heterocycles. The predicted octanol–water partition coefficient (Wildman–Crippen LogP) is 2.91. The maximum absolute atomic E-state index is 11.2. The first kappa shape index (κ1) is 12.6. The lowest BCUT2D eigenvalue weighted by atomic mass is 9.86. The van der Waals surface area contributed by atoms with Crippen molar-refractivity contribution in [3.63, 3.8) is 0 Å². The number of aryl methyl sites for hydroxylation is 1. The molecule has 0 radical (unpaired) electrons. The highest BCUT2D eigenvalue weighted by molar-refractivity contribution is 5.78.